The molecule has 0 aromatic heterocycles. The number of carbonyl (C=O) groups excluding carboxylic acids is 1. The summed E-state index contributed by atoms with van der Waals surface area (Å²) in [6, 6.07) is 8.09. The average Bonchev–Trinajstić information content (AvgIpc) is 2.46. The fraction of sp³-hybridized carbons (Fsp3) is 0.588. The van der Waals surface area contributed by atoms with E-state index in [0.717, 1.165) is 38.3 Å². The summed E-state index contributed by atoms with van der Waals surface area (Å²) in [6.45, 7) is 13.5. The number of likely N-dealkylation sites (N-methyl/N-ethyl adjacent to an activating group) is 1. The summed E-state index contributed by atoms with van der Waals surface area (Å²) < 4.78 is 0. The summed E-state index contributed by atoms with van der Waals surface area (Å²) in [4.78, 5) is 16.8. The highest BCUT2D eigenvalue weighted by Gasteiger charge is 2.21. The van der Waals surface area contributed by atoms with Crippen molar-refractivity contribution in [1.82, 2.24) is 9.80 Å². The van der Waals surface area contributed by atoms with Crippen molar-refractivity contribution < 1.29 is 4.79 Å². The minimum absolute atomic E-state index is 0.133. The first-order valence-corrected chi connectivity index (χ1v) is 7.54. The zero-order valence-electron chi connectivity index (χ0n) is 13.1. The fourth-order valence-corrected chi connectivity index (χ4v) is 2.56. The molecule has 1 saturated heterocycles. The summed E-state index contributed by atoms with van der Waals surface area (Å²) in [5.74, 6) is 0.168. The lowest BCUT2D eigenvalue weighted by atomic mass is 9.86. The van der Waals surface area contributed by atoms with Crippen LogP contribution in [-0.2, 0) is 5.41 Å². The molecule has 0 unspecified atom stereocenters. The molecule has 1 fully saturated rings. The number of hydrogen-bond acceptors (Lipinski definition) is 2. The molecule has 1 aliphatic heterocycles. The van der Waals surface area contributed by atoms with Crippen molar-refractivity contribution in [1.29, 1.82) is 0 Å². The van der Waals surface area contributed by atoms with E-state index in [9.17, 15) is 4.79 Å². The minimum atomic E-state index is 0.133. The van der Waals surface area contributed by atoms with Crippen molar-refractivity contribution in [2.75, 3.05) is 32.7 Å². The Labute approximate surface area is 122 Å². The van der Waals surface area contributed by atoms with E-state index in [1.165, 1.54) is 5.56 Å². The number of nitrogens with zero attached hydrogens (tertiary/aromatic N) is 2. The van der Waals surface area contributed by atoms with Crippen LogP contribution in [0.25, 0.3) is 0 Å². The number of rotatable bonds is 2. The SMILES string of the molecule is CCN1CCN(C(=O)c2ccc(C(C)(C)C)cc2)CC1. The van der Waals surface area contributed by atoms with Crippen LogP contribution in [0.5, 0.6) is 0 Å². The van der Waals surface area contributed by atoms with E-state index < -0.39 is 0 Å². The molecule has 0 N–H and O–H groups in total. The van der Waals surface area contributed by atoms with Gasteiger partial charge in [0.1, 0.15) is 0 Å². The predicted octanol–water partition coefficient (Wildman–Crippen LogP) is 2.76. The van der Waals surface area contributed by atoms with Gasteiger partial charge in [0.2, 0.25) is 0 Å². The molecular weight excluding hydrogens is 248 g/mol. The van der Waals surface area contributed by atoms with Gasteiger partial charge in [0.15, 0.2) is 0 Å². The Morgan fingerprint density at radius 1 is 1.05 bits per heavy atom. The Morgan fingerprint density at radius 3 is 2.05 bits per heavy atom. The van der Waals surface area contributed by atoms with E-state index in [-0.39, 0.29) is 11.3 Å². The Morgan fingerprint density at radius 2 is 1.60 bits per heavy atom. The quantitative estimate of drug-likeness (QED) is 0.828. The summed E-state index contributed by atoms with van der Waals surface area (Å²) >= 11 is 0. The van der Waals surface area contributed by atoms with Gasteiger partial charge in [-0.1, -0.05) is 39.8 Å². The number of benzene rings is 1. The Hall–Kier alpha value is -1.35. The van der Waals surface area contributed by atoms with Crippen LogP contribution in [-0.4, -0.2) is 48.4 Å². The lowest BCUT2D eigenvalue weighted by Crippen LogP contribution is -2.48. The molecule has 1 aromatic rings. The summed E-state index contributed by atoms with van der Waals surface area (Å²) in [5.41, 5.74) is 2.21. The molecule has 1 heterocycles. The molecule has 1 aliphatic rings. The van der Waals surface area contributed by atoms with Gasteiger partial charge < -0.3 is 9.80 Å². The molecule has 1 amide bonds. The van der Waals surface area contributed by atoms with Gasteiger partial charge >= 0.3 is 0 Å². The third-order valence-electron chi connectivity index (χ3n) is 4.10. The van der Waals surface area contributed by atoms with Crippen LogP contribution < -0.4 is 0 Å². The van der Waals surface area contributed by atoms with Crippen LogP contribution in [0.4, 0.5) is 0 Å². The van der Waals surface area contributed by atoms with E-state index in [1.54, 1.807) is 0 Å². The molecule has 0 bridgehead atoms. The first-order chi connectivity index (χ1) is 9.41. The second-order valence-electron chi connectivity index (χ2n) is 6.55. The normalized spacial score (nSPS) is 17.3. The van der Waals surface area contributed by atoms with Crippen LogP contribution in [0.1, 0.15) is 43.6 Å². The van der Waals surface area contributed by atoms with Gasteiger partial charge in [0.05, 0.1) is 0 Å². The Bertz CT molecular complexity index is 451. The highest BCUT2D eigenvalue weighted by atomic mass is 16.2. The first kappa shape index (κ1) is 15.0. The maximum atomic E-state index is 12.5. The van der Waals surface area contributed by atoms with Gasteiger partial charge in [-0.25, -0.2) is 0 Å². The van der Waals surface area contributed by atoms with Crippen LogP contribution in [0.2, 0.25) is 0 Å². The molecule has 1 aromatic carbocycles. The molecule has 0 spiro atoms. The van der Waals surface area contributed by atoms with E-state index in [2.05, 4.69) is 44.7 Å². The largest absolute Gasteiger partial charge is 0.336 e. The van der Waals surface area contributed by atoms with Gasteiger partial charge in [-0.2, -0.15) is 0 Å². The van der Waals surface area contributed by atoms with Gasteiger partial charge in [0.25, 0.3) is 5.91 Å². The smallest absolute Gasteiger partial charge is 0.253 e. The maximum absolute atomic E-state index is 12.5. The van der Waals surface area contributed by atoms with Crippen molar-refractivity contribution >= 4 is 5.91 Å². The highest BCUT2D eigenvalue weighted by Crippen LogP contribution is 2.22. The lowest BCUT2D eigenvalue weighted by Gasteiger charge is -2.34. The number of amides is 1. The van der Waals surface area contributed by atoms with Crippen molar-refractivity contribution in [2.24, 2.45) is 0 Å². The van der Waals surface area contributed by atoms with E-state index >= 15 is 0 Å². The fourth-order valence-electron chi connectivity index (χ4n) is 2.56. The minimum Gasteiger partial charge on any atom is -0.336 e. The van der Waals surface area contributed by atoms with Gasteiger partial charge in [-0.3, -0.25) is 4.79 Å². The third kappa shape index (κ3) is 3.40. The van der Waals surface area contributed by atoms with Gasteiger partial charge in [0, 0.05) is 31.7 Å². The molecule has 0 atom stereocenters. The van der Waals surface area contributed by atoms with Crippen molar-refractivity contribution in [3.05, 3.63) is 35.4 Å². The van der Waals surface area contributed by atoms with Crippen LogP contribution in [0, 0.1) is 0 Å². The first-order valence-electron chi connectivity index (χ1n) is 7.54. The second kappa shape index (κ2) is 5.96. The molecule has 3 heteroatoms. The monoisotopic (exact) mass is 274 g/mol. The molecule has 2 rings (SSSR count). The topological polar surface area (TPSA) is 23.6 Å². The molecule has 0 aliphatic carbocycles. The Kier molecular flexibility index (Phi) is 4.48. The predicted molar refractivity (Wildman–Crippen MR) is 83.2 cm³/mol. The zero-order valence-corrected chi connectivity index (χ0v) is 13.1. The number of carbonyl (C=O) groups is 1. The molecule has 20 heavy (non-hydrogen) atoms. The average molecular weight is 274 g/mol. The van der Waals surface area contributed by atoms with Crippen molar-refractivity contribution in [3.63, 3.8) is 0 Å². The van der Waals surface area contributed by atoms with Crippen molar-refractivity contribution in [3.8, 4) is 0 Å². The second-order valence-corrected chi connectivity index (χ2v) is 6.55. The van der Waals surface area contributed by atoms with Crippen LogP contribution >= 0.6 is 0 Å². The number of piperazine rings is 1. The molecule has 0 radical (unpaired) electrons. The van der Waals surface area contributed by atoms with E-state index in [1.807, 2.05) is 17.0 Å². The maximum Gasteiger partial charge on any atom is 0.253 e. The summed E-state index contributed by atoms with van der Waals surface area (Å²) in [5, 5.41) is 0. The Balaban J connectivity index is 2.03. The summed E-state index contributed by atoms with van der Waals surface area (Å²) in [7, 11) is 0. The lowest BCUT2D eigenvalue weighted by molar-refractivity contribution is 0.0643. The highest BCUT2D eigenvalue weighted by molar-refractivity contribution is 5.94. The van der Waals surface area contributed by atoms with E-state index in [0.29, 0.717) is 0 Å². The zero-order chi connectivity index (χ0) is 14.8. The molecule has 0 saturated carbocycles. The van der Waals surface area contributed by atoms with Gasteiger partial charge in [-0.15, -0.1) is 0 Å². The van der Waals surface area contributed by atoms with E-state index in [4.69, 9.17) is 0 Å². The van der Waals surface area contributed by atoms with Crippen LogP contribution in [0.3, 0.4) is 0 Å². The van der Waals surface area contributed by atoms with Crippen LogP contribution in [0.15, 0.2) is 24.3 Å². The molecular formula is C17H26N2O. The molecule has 3 nitrogen and oxygen atoms in total. The standard InChI is InChI=1S/C17H26N2O/c1-5-18-10-12-19(13-11-18)16(20)14-6-8-15(9-7-14)17(2,3)4/h6-9H,5,10-13H2,1-4H3. The van der Waals surface area contributed by atoms with Gasteiger partial charge in [-0.05, 0) is 29.7 Å². The third-order valence-corrected chi connectivity index (χ3v) is 4.10. The molecule has 110 valence electrons. The van der Waals surface area contributed by atoms with Crippen molar-refractivity contribution in [2.45, 2.75) is 33.1 Å². The summed E-state index contributed by atoms with van der Waals surface area (Å²) in [6.07, 6.45) is 0. The number of hydrogen-bond donors (Lipinski definition) is 0.